The van der Waals surface area contributed by atoms with Gasteiger partial charge in [-0.1, -0.05) is 0 Å². The van der Waals surface area contributed by atoms with Crippen LogP contribution in [0.1, 0.15) is 5.56 Å². The summed E-state index contributed by atoms with van der Waals surface area (Å²) in [6, 6.07) is 1.12. The van der Waals surface area contributed by atoms with E-state index in [-0.39, 0.29) is 18.7 Å². The fourth-order valence-corrected chi connectivity index (χ4v) is 1.00. The number of benzene rings is 1. The van der Waals surface area contributed by atoms with E-state index in [9.17, 15) is 18.0 Å². The first-order valence-corrected chi connectivity index (χ1v) is 4.06. The van der Waals surface area contributed by atoms with Crippen LogP contribution in [0.15, 0.2) is 12.1 Å². The van der Waals surface area contributed by atoms with Crippen LogP contribution in [0, 0.1) is 17.5 Å². The quantitative estimate of drug-likeness (QED) is 0.750. The molecule has 0 radical (unpaired) electrons. The van der Waals surface area contributed by atoms with Crippen molar-refractivity contribution in [2.24, 2.45) is 0 Å². The number of hydrogen-bond donors (Lipinski definition) is 2. The summed E-state index contributed by atoms with van der Waals surface area (Å²) >= 11 is 0. The van der Waals surface area contributed by atoms with Gasteiger partial charge in [-0.2, -0.15) is 0 Å². The minimum Gasteiger partial charge on any atom is -0.480 e. The summed E-state index contributed by atoms with van der Waals surface area (Å²) in [5.74, 6) is -4.46. The van der Waals surface area contributed by atoms with E-state index in [1.807, 2.05) is 0 Å². The first kappa shape index (κ1) is 11.5. The minimum absolute atomic E-state index is 0.116. The fraction of sp³-hybridized carbons (Fsp3) is 0.222. The summed E-state index contributed by atoms with van der Waals surface area (Å²) in [7, 11) is 0. The monoisotopic (exact) mass is 219 g/mol. The van der Waals surface area contributed by atoms with Crippen molar-refractivity contribution in [2.45, 2.75) is 6.54 Å². The second kappa shape index (κ2) is 4.79. The van der Waals surface area contributed by atoms with Crippen LogP contribution in [0.25, 0.3) is 0 Å². The highest BCUT2D eigenvalue weighted by atomic mass is 19.2. The molecule has 0 aliphatic carbocycles. The Morgan fingerprint density at radius 3 is 2.40 bits per heavy atom. The van der Waals surface area contributed by atoms with Gasteiger partial charge in [0.2, 0.25) is 0 Å². The van der Waals surface area contributed by atoms with Crippen LogP contribution in [-0.4, -0.2) is 17.6 Å². The number of halogens is 3. The predicted molar refractivity (Wildman–Crippen MR) is 45.7 cm³/mol. The van der Waals surface area contributed by atoms with Gasteiger partial charge in [0.05, 0.1) is 6.54 Å². The molecule has 6 heteroatoms. The maximum atomic E-state index is 13.0. The number of carbonyl (C=O) groups is 1. The van der Waals surface area contributed by atoms with Crippen LogP contribution < -0.4 is 5.32 Å². The number of hydrogen-bond acceptors (Lipinski definition) is 2. The summed E-state index contributed by atoms with van der Waals surface area (Å²) in [6.45, 7) is -0.548. The molecule has 0 saturated heterocycles. The molecule has 0 aliphatic heterocycles. The van der Waals surface area contributed by atoms with Crippen molar-refractivity contribution in [1.29, 1.82) is 0 Å². The van der Waals surface area contributed by atoms with Gasteiger partial charge in [0.15, 0.2) is 11.6 Å². The van der Waals surface area contributed by atoms with Crippen LogP contribution in [0.3, 0.4) is 0 Å². The Morgan fingerprint density at radius 2 is 1.80 bits per heavy atom. The Hall–Kier alpha value is -1.56. The van der Waals surface area contributed by atoms with Gasteiger partial charge < -0.3 is 10.4 Å². The molecule has 0 amide bonds. The summed E-state index contributed by atoms with van der Waals surface area (Å²) in [4.78, 5) is 10.1. The lowest BCUT2D eigenvalue weighted by atomic mass is 10.2. The van der Waals surface area contributed by atoms with Crippen LogP contribution >= 0.6 is 0 Å². The van der Waals surface area contributed by atoms with E-state index < -0.39 is 23.4 Å². The maximum absolute atomic E-state index is 13.0. The van der Waals surface area contributed by atoms with Gasteiger partial charge in [0.1, 0.15) is 5.82 Å². The summed E-state index contributed by atoms with van der Waals surface area (Å²) < 4.78 is 38.1. The minimum atomic E-state index is -1.27. The molecular weight excluding hydrogens is 211 g/mol. The van der Waals surface area contributed by atoms with Crippen molar-refractivity contribution < 1.29 is 23.1 Å². The fourth-order valence-electron chi connectivity index (χ4n) is 1.00. The third kappa shape index (κ3) is 3.25. The highest BCUT2D eigenvalue weighted by molar-refractivity contribution is 5.68. The lowest BCUT2D eigenvalue weighted by molar-refractivity contribution is -0.136. The third-order valence-electron chi connectivity index (χ3n) is 1.68. The van der Waals surface area contributed by atoms with Gasteiger partial charge in [-0.05, 0) is 6.07 Å². The third-order valence-corrected chi connectivity index (χ3v) is 1.68. The molecule has 1 aromatic carbocycles. The normalized spacial score (nSPS) is 10.3. The van der Waals surface area contributed by atoms with E-state index in [1.165, 1.54) is 0 Å². The molecule has 0 saturated carbocycles. The number of rotatable bonds is 4. The molecule has 0 spiro atoms. The number of nitrogens with one attached hydrogen (secondary N) is 1. The second-order valence-corrected chi connectivity index (χ2v) is 2.86. The molecule has 15 heavy (non-hydrogen) atoms. The Morgan fingerprint density at radius 1 is 1.20 bits per heavy atom. The molecule has 0 heterocycles. The molecule has 0 aromatic heterocycles. The first-order valence-electron chi connectivity index (χ1n) is 4.06. The molecule has 82 valence electrons. The zero-order valence-electron chi connectivity index (χ0n) is 7.56. The molecule has 0 aliphatic rings. The average Bonchev–Trinajstić information content (AvgIpc) is 2.13. The van der Waals surface area contributed by atoms with Gasteiger partial charge in [0.25, 0.3) is 0 Å². The largest absolute Gasteiger partial charge is 0.480 e. The molecule has 0 bridgehead atoms. The average molecular weight is 219 g/mol. The van der Waals surface area contributed by atoms with Gasteiger partial charge >= 0.3 is 5.97 Å². The van der Waals surface area contributed by atoms with E-state index in [0.717, 1.165) is 0 Å². The molecule has 1 aromatic rings. The molecule has 1 rings (SSSR count). The van der Waals surface area contributed by atoms with Gasteiger partial charge in [-0.15, -0.1) is 0 Å². The number of aliphatic carboxylic acids is 1. The predicted octanol–water partition coefficient (Wildman–Crippen LogP) is 1.28. The second-order valence-electron chi connectivity index (χ2n) is 2.86. The molecular formula is C9H8F3NO2. The Bertz CT molecular complexity index is 382. The summed E-state index contributed by atoms with van der Waals surface area (Å²) in [6.07, 6.45) is 0. The van der Waals surface area contributed by atoms with E-state index in [4.69, 9.17) is 5.11 Å². The topological polar surface area (TPSA) is 49.3 Å². The highest BCUT2D eigenvalue weighted by Gasteiger charge is 2.09. The maximum Gasteiger partial charge on any atom is 0.317 e. The molecule has 0 atom stereocenters. The van der Waals surface area contributed by atoms with Crippen molar-refractivity contribution >= 4 is 5.97 Å². The van der Waals surface area contributed by atoms with E-state index in [1.54, 1.807) is 0 Å². The van der Waals surface area contributed by atoms with E-state index in [0.29, 0.717) is 12.1 Å². The van der Waals surface area contributed by atoms with Crippen molar-refractivity contribution in [3.8, 4) is 0 Å². The van der Waals surface area contributed by atoms with Gasteiger partial charge in [-0.3, -0.25) is 4.79 Å². The zero-order chi connectivity index (χ0) is 11.4. The lowest BCUT2D eigenvalue weighted by Crippen LogP contribution is -2.22. The Kier molecular flexibility index (Phi) is 3.68. The summed E-state index contributed by atoms with van der Waals surface area (Å²) in [5.41, 5.74) is -0.116. The Labute approximate surface area is 83.5 Å². The number of carboxylic acid groups (broad SMARTS) is 1. The van der Waals surface area contributed by atoms with Crippen molar-refractivity contribution in [3.63, 3.8) is 0 Å². The standard InChI is InChI=1S/C9H8F3NO2/c10-6-2-8(12)7(11)1-5(6)3-13-4-9(14)15/h1-2,13H,3-4H2,(H,14,15). The lowest BCUT2D eigenvalue weighted by Gasteiger charge is -2.04. The highest BCUT2D eigenvalue weighted by Crippen LogP contribution is 2.13. The van der Waals surface area contributed by atoms with Crippen molar-refractivity contribution in [1.82, 2.24) is 5.32 Å². The van der Waals surface area contributed by atoms with Crippen LogP contribution in [-0.2, 0) is 11.3 Å². The van der Waals surface area contributed by atoms with Crippen molar-refractivity contribution in [2.75, 3.05) is 6.54 Å². The SMILES string of the molecule is O=C(O)CNCc1cc(F)c(F)cc1F. The van der Waals surface area contributed by atoms with Crippen molar-refractivity contribution in [3.05, 3.63) is 35.1 Å². The van der Waals surface area contributed by atoms with Gasteiger partial charge in [0, 0.05) is 18.2 Å². The molecule has 0 unspecified atom stereocenters. The zero-order valence-corrected chi connectivity index (χ0v) is 7.56. The van der Waals surface area contributed by atoms with Crippen LogP contribution in [0.5, 0.6) is 0 Å². The molecule has 3 nitrogen and oxygen atoms in total. The van der Waals surface area contributed by atoms with Crippen LogP contribution in [0.4, 0.5) is 13.2 Å². The number of carboxylic acids is 1. The molecule has 0 fully saturated rings. The van der Waals surface area contributed by atoms with E-state index in [2.05, 4.69) is 5.32 Å². The van der Waals surface area contributed by atoms with E-state index >= 15 is 0 Å². The first-order chi connectivity index (χ1) is 7.00. The van der Waals surface area contributed by atoms with Crippen LogP contribution in [0.2, 0.25) is 0 Å². The smallest absolute Gasteiger partial charge is 0.317 e. The Balaban J connectivity index is 2.69. The molecule has 2 N–H and O–H groups in total. The summed E-state index contributed by atoms with van der Waals surface area (Å²) in [5, 5.41) is 10.6. The van der Waals surface area contributed by atoms with Gasteiger partial charge in [-0.25, -0.2) is 13.2 Å².